The largest absolute Gasteiger partial charge is 0.351 e. The normalized spacial score (nSPS) is 13.8. The molecule has 0 bridgehead atoms. The summed E-state index contributed by atoms with van der Waals surface area (Å²) in [5.74, 6) is -1.42. The van der Waals surface area contributed by atoms with E-state index in [4.69, 9.17) is 0 Å². The maximum atomic E-state index is 13.7. The molecule has 0 aliphatic rings. The SMILES string of the molecule is CCC[C@H](NC(=O)[C@H](CC(C)(C)C)NC(=O)c1cc[n+](O)cc1)C(=O)N[C@H](CN[C@@H](C)C(=O)NCc1ccccc1)Cc1ccccc1. The van der Waals surface area contributed by atoms with Gasteiger partial charge in [-0.3, -0.25) is 24.4 Å². The van der Waals surface area contributed by atoms with Crippen molar-refractivity contribution in [2.75, 3.05) is 6.54 Å². The predicted octanol–water partition coefficient (Wildman–Crippen LogP) is 3.05. The molecule has 3 rings (SSSR count). The van der Waals surface area contributed by atoms with Crippen molar-refractivity contribution in [3.8, 4) is 0 Å². The number of rotatable bonds is 17. The lowest BCUT2D eigenvalue weighted by Crippen LogP contribution is -2.57. The van der Waals surface area contributed by atoms with Crippen molar-refractivity contribution in [2.24, 2.45) is 5.41 Å². The lowest BCUT2D eigenvalue weighted by molar-refractivity contribution is -0.904. The van der Waals surface area contributed by atoms with Crippen LogP contribution in [0, 0.1) is 5.41 Å². The number of hydrogen-bond acceptors (Lipinski definition) is 6. The third-order valence-corrected chi connectivity index (χ3v) is 7.77. The van der Waals surface area contributed by atoms with Gasteiger partial charge in [-0.1, -0.05) is 94.8 Å². The van der Waals surface area contributed by atoms with E-state index in [1.165, 1.54) is 24.5 Å². The zero-order chi connectivity index (χ0) is 35.1. The van der Waals surface area contributed by atoms with Gasteiger partial charge in [-0.2, -0.15) is 0 Å². The zero-order valence-corrected chi connectivity index (χ0v) is 28.7. The van der Waals surface area contributed by atoms with Crippen LogP contribution in [0.3, 0.4) is 0 Å². The van der Waals surface area contributed by atoms with E-state index in [1.54, 1.807) is 6.92 Å². The van der Waals surface area contributed by atoms with Gasteiger partial charge in [0.15, 0.2) is 0 Å². The van der Waals surface area contributed by atoms with Crippen LogP contribution in [0.15, 0.2) is 85.2 Å². The molecule has 0 spiro atoms. The smallest absolute Gasteiger partial charge is 0.252 e. The van der Waals surface area contributed by atoms with Crippen LogP contribution in [0.1, 0.15) is 75.4 Å². The highest BCUT2D eigenvalue weighted by molar-refractivity contribution is 5.98. The highest BCUT2D eigenvalue weighted by Crippen LogP contribution is 2.21. The molecular weight excluding hydrogens is 608 g/mol. The van der Waals surface area contributed by atoms with Gasteiger partial charge in [-0.15, -0.1) is 0 Å². The van der Waals surface area contributed by atoms with E-state index in [-0.39, 0.29) is 28.8 Å². The first-order chi connectivity index (χ1) is 22.8. The number of amides is 4. The Morgan fingerprint density at radius 1 is 0.771 bits per heavy atom. The highest BCUT2D eigenvalue weighted by atomic mass is 16.5. The quantitative estimate of drug-likeness (QED) is 0.0968. The number of pyridine rings is 1. The summed E-state index contributed by atoms with van der Waals surface area (Å²) in [4.78, 5) is 53.2. The molecule has 11 nitrogen and oxygen atoms in total. The molecule has 48 heavy (non-hydrogen) atoms. The first kappa shape index (κ1) is 37.7. The highest BCUT2D eigenvalue weighted by Gasteiger charge is 2.31. The van der Waals surface area contributed by atoms with Crippen molar-refractivity contribution in [1.29, 1.82) is 0 Å². The number of aromatic nitrogens is 1. The summed E-state index contributed by atoms with van der Waals surface area (Å²) in [6.45, 7) is 10.4. The summed E-state index contributed by atoms with van der Waals surface area (Å²) in [5, 5.41) is 24.5. The monoisotopic (exact) mass is 659 g/mol. The van der Waals surface area contributed by atoms with Crippen LogP contribution in [-0.2, 0) is 27.3 Å². The van der Waals surface area contributed by atoms with Crippen molar-refractivity contribution >= 4 is 23.6 Å². The lowest BCUT2D eigenvalue weighted by atomic mass is 9.87. The molecule has 1 aromatic heterocycles. The van der Waals surface area contributed by atoms with Gasteiger partial charge < -0.3 is 26.6 Å². The molecule has 1 heterocycles. The molecule has 4 atom stereocenters. The van der Waals surface area contributed by atoms with E-state index in [9.17, 15) is 24.4 Å². The van der Waals surface area contributed by atoms with Crippen molar-refractivity contribution in [2.45, 2.75) is 91.0 Å². The fourth-order valence-electron chi connectivity index (χ4n) is 5.19. The Morgan fingerprint density at radius 3 is 1.94 bits per heavy atom. The number of benzene rings is 2. The zero-order valence-electron chi connectivity index (χ0n) is 28.7. The number of carbonyl (C=O) groups is 4. The van der Waals surface area contributed by atoms with Crippen LogP contribution in [0.4, 0.5) is 0 Å². The van der Waals surface area contributed by atoms with E-state index < -0.39 is 29.9 Å². The Balaban J connectivity index is 1.69. The van der Waals surface area contributed by atoms with E-state index in [0.717, 1.165) is 15.9 Å². The molecule has 3 aromatic rings. The Hall–Kier alpha value is -4.77. The summed E-state index contributed by atoms with van der Waals surface area (Å²) < 4.78 is 0.826. The summed E-state index contributed by atoms with van der Waals surface area (Å²) in [6.07, 6.45) is 4.54. The number of hydrogen-bond donors (Lipinski definition) is 6. The molecule has 6 N–H and O–H groups in total. The van der Waals surface area contributed by atoms with Crippen molar-refractivity contribution in [3.63, 3.8) is 0 Å². The van der Waals surface area contributed by atoms with Gasteiger partial charge in [0.2, 0.25) is 30.1 Å². The molecule has 0 fully saturated rings. The average molecular weight is 660 g/mol. The minimum atomic E-state index is -0.900. The minimum absolute atomic E-state index is 0.155. The number of nitrogens with zero attached hydrogens (tertiary/aromatic N) is 1. The molecule has 0 unspecified atom stereocenters. The minimum Gasteiger partial charge on any atom is -0.351 e. The molecule has 0 saturated heterocycles. The summed E-state index contributed by atoms with van der Waals surface area (Å²) in [5.41, 5.74) is 2.00. The second kappa shape index (κ2) is 18.5. The Labute approximate surface area is 283 Å². The van der Waals surface area contributed by atoms with Crippen molar-refractivity contribution in [3.05, 3.63) is 102 Å². The predicted molar refractivity (Wildman–Crippen MR) is 184 cm³/mol. The number of carbonyl (C=O) groups excluding carboxylic acids is 4. The Bertz CT molecular complexity index is 1460. The maximum absolute atomic E-state index is 13.7. The maximum Gasteiger partial charge on any atom is 0.252 e. The first-order valence-electron chi connectivity index (χ1n) is 16.6. The topological polar surface area (TPSA) is 153 Å². The molecule has 11 heteroatoms. The van der Waals surface area contributed by atoms with Gasteiger partial charge in [0.05, 0.1) is 11.6 Å². The van der Waals surface area contributed by atoms with E-state index in [1.807, 2.05) is 88.4 Å². The van der Waals surface area contributed by atoms with Crippen LogP contribution in [-0.4, -0.2) is 59.5 Å². The van der Waals surface area contributed by atoms with Gasteiger partial charge in [-0.05, 0) is 42.7 Å². The molecule has 2 aromatic carbocycles. The third-order valence-electron chi connectivity index (χ3n) is 7.77. The van der Waals surface area contributed by atoms with E-state index in [2.05, 4.69) is 26.6 Å². The van der Waals surface area contributed by atoms with Crippen molar-refractivity contribution in [1.82, 2.24) is 26.6 Å². The fraction of sp³-hybridized carbons (Fsp3) is 0.432. The standard InChI is InChI=1S/C37H50N6O5/c1-6-13-31(41-36(47)32(23-37(3,4)5)42-34(45)29-18-20-43(48)21-19-29)35(46)40-30(22-27-14-9-7-10-15-27)25-38-26(2)33(44)39-24-28-16-11-8-12-17-28/h7-12,14-21,26,30-32,38H,6,13,22-25H2,1-5H3,(H4-,39,40,41,42,44,45,46,47,48)/p+1/t26-,30-,31-,32-/m0/s1. The Kier molecular flexibility index (Phi) is 14.6. The molecular formula is C37H51N6O5+. The second-order valence-corrected chi connectivity index (χ2v) is 13.3. The van der Waals surface area contributed by atoms with Crippen LogP contribution >= 0.6 is 0 Å². The summed E-state index contributed by atoms with van der Waals surface area (Å²) in [6, 6.07) is 19.7. The van der Waals surface area contributed by atoms with Crippen molar-refractivity contribution < 1.29 is 29.1 Å². The van der Waals surface area contributed by atoms with Gasteiger partial charge in [0, 0.05) is 36.0 Å². The van der Waals surface area contributed by atoms with Crippen LogP contribution in [0.5, 0.6) is 0 Å². The molecule has 258 valence electrons. The van der Waals surface area contributed by atoms with Gasteiger partial charge >= 0.3 is 0 Å². The average Bonchev–Trinajstić information content (AvgIpc) is 3.06. The Morgan fingerprint density at radius 2 is 1.35 bits per heavy atom. The van der Waals surface area contributed by atoms with Crippen LogP contribution in [0.25, 0.3) is 0 Å². The molecule has 0 saturated carbocycles. The molecule has 4 amide bonds. The van der Waals surface area contributed by atoms with Crippen LogP contribution < -0.4 is 31.3 Å². The molecule has 0 aliphatic heterocycles. The molecule has 0 radical (unpaired) electrons. The van der Waals surface area contributed by atoms with Gasteiger partial charge in [0.25, 0.3) is 5.91 Å². The van der Waals surface area contributed by atoms with Gasteiger partial charge in [-0.25, -0.2) is 0 Å². The van der Waals surface area contributed by atoms with E-state index >= 15 is 0 Å². The fourth-order valence-corrected chi connectivity index (χ4v) is 5.19. The summed E-state index contributed by atoms with van der Waals surface area (Å²) in [7, 11) is 0. The second-order valence-electron chi connectivity index (χ2n) is 13.3. The van der Waals surface area contributed by atoms with Crippen LogP contribution in [0.2, 0.25) is 0 Å². The lowest BCUT2D eigenvalue weighted by Gasteiger charge is -2.29. The van der Waals surface area contributed by atoms with Gasteiger partial charge in [0.1, 0.15) is 12.1 Å². The molecule has 0 aliphatic carbocycles. The first-order valence-corrected chi connectivity index (χ1v) is 16.6. The number of nitrogens with one attached hydrogen (secondary N) is 5. The summed E-state index contributed by atoms with van der Waals surface area (Å²) >= 11 is 0. The third kappa shape index (κ3) is 13.2. The van der Waals surface area contributed by atoms with E-state index in [0.29, 0.717) is 38.8 Å².